The SMILES string of the molecule is COc1cccc(CNCCC2CCCN2)c1. The molecule has 0 aromatic heterocycles. The van der Waals surface area contributed by atoms with Crippen LogP contribution >= 0.6 is 0 Å². The van der Waals surface area contributed by atoms with Gasteiger partial charge in [-0.25, -0.2) is 0 Å². The van der Waals surface area contributed by atoms with Gasteiger partial charge in [0.25, 0.3) is 0 Å². The van der Waals surface area contributed by atoms with Gasteiger partial charge in [0.1, 0.15) is 5.75 Å². The van der Waals surface area contributed by atoms with E-state index in [1.807, 2.05) is 12.1 Å². The molecule has 3 nitrogen and oxygen atoms in total. The third kappa shape index (κ3) is 4.02. The molecule has 0 saturated carbocycles. The van der Waals surface area contributed by atoms with Crippen LogP contribution in [0.1, 0.15) is 24.8 Å². The Morgan fingerprint density at radius 2 is 2.41 bits per heavy atom. The standard InChI is InChI=1S/C14H22N2O/c1-17-14-6-2-4-12(10-14)11-15-9-7-13-5-3-8-16-13/h2,4,6,10,13,15-16H,3,5,7-9,11H2,1H3. The Bertz CT molecular complexity index is 335. The smallest absolute Gasteiger partial charge is 0.119 e. The largest absolute Gasteiger partial charge is 0.497 e. The van der Waals surface area contributed by atoms with Gasteiger partial charge in [0, 0.05) is 12.6 Å². The van der Waals surface area contributed by atoms with E-state index in [1.54, 1.807) is 7.11 Å². The van der Waals surface area contributed by atoms with Crippen LogP contribution in [0, 0.1) is 0 Å². The molecule has 1 unspecified atom stereocenters. The van der Waals surface area contributed by atoms with Gasteiger partial charge in [0.05, 0.1) is 7.11 Å². The molecular formula is C14H22N2O. The molecule has 1 fully saturated rings. The Labute approximate surface area is 104 Å². The van der Waals surface area contributed by atoms with Crippen molar-refractivity contribution in [2.24, 2.45) is 0 Å². The van der Waals surface area contributed by atoms with Crippen molar-refractivity contribution in [3.8, 4) is 5.75 Å². The Morgan fingerprint density at radius 3 is 3.18 bits per heavy atom. The maximum atomic E-state index is 5.20. The van der Waals surface area contributed by atoms with Crippen molar-refractivity contribution in [2.45, 2.75) is 31.8 Å². The van der Waals surface area contributed by atoms with Crippen molar-refractivity contribution in [3.05, 3.63) is 29.8 Å². The highest BCUT2D eigenvalue weighted by atomic mass is 16.5. The van der Waals surface area contributed by atoms with Crippen molar-refractivity contribution < 1.29 is 4.74 Å². The minimum absolute atomic E-state index is 0.729. The average molecular weight is 234 g/mol. The van der Waals surface area contributed by atoms with Gasteiger partial charge in [-0.2, -0.15) is 0 Å². The summed E-state index contributed by atoms with van der Waals surface area (Å²) in [6.45, 7) is 3.19. The van der Waals surface area contributed by atoms with Crippen LogP contribution in [0.4, 0.5) is 0 Å². The summed E-state index contributed by atoms with van der Waals surface area (Å²) in [5, 5.41) is 7.00. The van der Waals surface area contributed by atoms with E-state index in [1.165, 1.54) is 31.4 Å². The fourth-order valence-corrected chi connectivity index (χ4v) is 2.29. The summed E-state index contributed by atoms with van der Waals surface area (Å²) in [5.74, 6) is 0.932. The summed E-state index contributed by atoms with van der Waals surface area (Å²) in [6, 6.07) is 8.96. The van der Waals surface area contributed by atoms with E-state index in [9.17, 15) is 0 Å². The Morgan fingerprint density at radius 1 is 1.47 bits per heavy atom. The zero-order valence-corrected chi connectivity index (χ0v) is 10.5. The molecule has 2 N–H and O–H groups in total. The minimum Gasteiger partial charge on any atom is -0.497 e. The van der Waals surface area contributed by atoms with Crippen LogP contribution in [0.3, 0.4) is 0 Å². The van der Waals surface area contributed by atoms with Gasteiger partial charge in [0.2, 0.25) is 0 Å². The van der Waals surface area contributed by atoms with Gasteiger partial charge in [-0.1, -0.05) is 12.1 Å². The van der Waals surface area contributed by atoms with Crippen molar-refractivity contribution >= 4 is 0 Å². The van der Waals surface area contributed by atoms with E-state index in [-0.39, 0.29) is 0 Å². The van der Waals surface area contributed by atoms with Gasteiger partial charge < -0.3 is 15.4 Å². The molecule has 3 heteroatoms. The molecule has 1 aliphatic heterocycles. The van der Waals surface area contributed by atoms with Crippen LogP contribution in [0.5, 0.6) is 5.75 Å². The summed E-state index contributed by atoms with van der Waals surface area (Å²) in [5.41, 5.74) is 1.28. The molecule has 1 aliphatic rings. The zero-order chi connectivity index (χ0) is 11.9. The number of hydrogen-bond acceptors (Lipinski definition) is 3. The highest BCUT2D eigenvalue weighted by Crippen LogP contribution is 2.12. The lowest BCUT2D eigenvalue weighted by atomic mass is 10.1. The Kier molecular flexibility index (Phi) is 4.83. The second-order valence-electron chi connectivity index (χ2n) is 4.61. The third-order valence-electron chi connectivity index (χ3n) is 3.30. The van der Waals surface area contributed by atoms with Crippen LogP contribution in [-0.2, 0) is 6.54 Å². The highest BCUT2D eigenvalue weighted by molar-refractivity contribution is 5.28. The maximum absolute atomic E-state index is 5.20. The minimum atomic E-state index is 0.729. The molecule has 2 rings (SSSR count). The first-order chi connectivity index (χ1) is 8.38. The first kappa shape index (κ1) is 12.4. The molecule has 0 bridgehead atoms. The number of rotatable bonds is 6. The molecule has 0 amide bonds. The number of benzene rings is 1. The number of nitrogens with one attached hydrogen (secondary N) is 2. The third-order valence-corrected chi connectivity index (χ3v) is 3.30. The molecule has 94 valence electrons. The quantitative estimate of drug-likeness (QED) is 0.738. The zero-order valence-electron chi connectivity index (χ0n) is 10.5. The van der Waals surface area contributed by atoms with E-state index >= 15 is 0 Å². The van der Waals surface area contributed by atoms with E-state index in [4.69, 9.17) is 4.74 Å². The molecule has 1 aromatic rings. The van der Waals surface area contributed by atoms with E-state index in [0.717, 1.165) is 24.9 Å². The van der Waals surface area contributed by atoms with E-state index in [0.29, 0.717) is 0 Å². The van der Waals surface area contributed by atoms with Crippen molar-refractivity contribution in [1.29, 1.82) is 0 Å². The molecule has 1 heterocycles. The molecule has 0 aliphatic carbocycles. The van der Waals surface area contributed by atoms with Crippen molar-refractivity contribution in [1.82, 2.24) is 10.6 Å². The first-order valence-corrected chi connectivity index (χ1v) is 6.45. The topological polar surface area (TPSA) is 33.3 Å². The first-order valence-electron chi connectivity index (χ1n) is 6.45. The van der Waals surface area contributed by atoms with E-state index < -0.39 is 0 Å². The average Bonchev–Trinajstić information content (AvgIpc) is 2.88. The van der Waals surface area contributed by atoms with Crippen LogP contribution in [-0.4, -0.2) is 26.2 Å². The molecule has 1 atom stereocenters. The summed E-state index contributed by atoms with van der Waals surface area (Å²) in [6.07, 6.45) is 3.89. The molecule has 0 spiro atoms. The number of ether oxygens (including phenoxy) is 1. The molecular weight excluding hydrogens is 212 g/mol. The lowest BCUT2D eigenvalue weighted by Crippen LogP contribution is -2.26. The van der Waals surface area contributed by atoms with Gasteiger partial charge in [0.15, 0.2) is 0 Å². The monoisotopic (exact) mass is 234 g/mol. The molecule has 17 heavy (non-hydrogen) atoms. The van der Waals surface area contributed by atoms with Crippen LogP contribution in [0.2, 0.25) is 0 Å². The highest BCUT2D eigenvalue weighted by Gasteiger charge is 2.12. The second-order valence-corrected chi connectivity index (χ2v) is 4.61. The predicted molar refractivity (Wildman–Crippen MR) is 70.3 cm³/mol. The normalized spacial score (nSPS) is 19.5. The summed E-state index contributed by atoms with van der Waals surface area (Å²) < 4.78 is 5.20. The summed E-state index contributed by atoms with van der Waals surface area (Å²) >= 11 is 0. The Hall–Kier alpha value is -1.06. The van der Waals surface area contributed by atoms with Crippen molar-refractivity contribution in [2.75, 3.05) is 20.2 Å². The van der Waals surface area contributed by atoms with Gasteiger partial charge in [-0.15, -0.1) is 0 Å². The lowest BCUT2D eigenvalue weighted by molar-refractivity contribution is 0.414. The maximum Gasteiger partial charge on any atom is 0.119 e. The van der Waals surface area contributed by atoms with Gasteiger partial charge in [-0.05, 0) is 50.0 Å². The van der Waals surface area contributed by atoms with Gasteiger partial charge in [-0.3, -0.25) is 0 Å². The Balaban J connectivity index is 1.66. The second kappa shape index (κ2) is 6.62. The fourth-order valence-electron chi connectivity index (χ4n) is 2.29. The summed E-state index contributed by atoms with van der Waals surface area (Å²) in [4.78, 5) is 0. The van der Waals surface area contributed by atoms with Crippen molar-refractivity contribution in [3.63, 3.8) is 0 Å². The predicted octanol–water partition coefficient (Wildman–Crippen LogP) is 1.93. The van der Waals surface area contributed by atoms with E-state index in [2.05, 4.69) is 22.8 Å². The molecule has 1 aromatic carbocycles. The van der Waals surface area contributed by atoms with Crippen LogP contribution < -0.4 is 15.4 Å². The van der Waals surface area contributed by atoms with Crippen LogP contribution in [0.25, 0.3) is 0 Å². The number of methoxy groups -OCH3 is 1. The molecule has 1 saturated heterocycles. The van der Waals surface area contributed by atoms with Crippen LogP contribution in [0.15, 0.2) is 24.3 Å². The van der Waals surface area contributed by atoms with Gasteiger partial charge >= 0.3 is 0 Å². The molecule has 0 radical (unpaired) electrons. The number of hydrogen-bond donors (Lipinski definition) is 2. The fraction of sp³-hybridized carbons (Fsp3) is 0.571. The summed E-state index contributed by atoms with van der Waals surface area (Å²) in [7, 11) is 1.71. The lowest BCUT2D eigenvalue weighted by Gasteiger charge is -2.11.